The van der Waals surface area contributed by atoms with Crippen molar-refractivity contribution in [2.24, 2.45) is 0 Å². The molecule has 0 unspecified atom stereocenters. The predicted octanol–water partition coefficient (Wildman–Crippen LogP) is 2.93. The summed E-state index contributed by atoms with van der Waals surface area (Å²) in [6.45, 7) is 6.50. The molecular weight excluding hydrogens is 386 g/mol. The first-order valence-electron chi connectivity index (χ1n) is 9.46. The van der Waals surface area contributed by atoms with Gasteiger partial charge in [-0.25, -0.2) is 4.79 Å². The molecule has 1 N–H and O–H groups in total. The fraction of sp³-hybridized carbons (Fsp3) is 0.273. The second-order valence-corrected chi connectivity index (χ2v) is 7.01. The van der Waals surface area contributed by atoms with Crippen LogP contribution >= 0.6 is 0 Å². The summed E-state index contributed by atoms with van der Waals surface area (Å²) >= 11 is 0. The van der Waals surface area contributed by atoms with Gasteiger partial charge in [-0.15, -0.1) is 0 Å². The van der Waals surface area contributed by atoms with E-state index in [1.54, 1.807) is 60.9 Å². The van der Waals surface area contributed by atoms with Crippen molar-refractivity contribution in [1.29, 1.82) is 0 Å². The number of nitrogens with one attached hydrogen (secondary N) is 1. The van der Waals surface area contributed by atoms with E-state index < -0.39 is 24.5 Å². The van der Waals surface area contributed by atoms with Crippen LogP contribution < -0.4 is 5.32 Å². The normalized spacial score (nSPS) is 11.7. The highest BCUT2D eigenvalue weighted by atomic mass is 16.5. The Morgan fingerprint density at radius 3 is 2.47 bits per heavy atom. The number of aryl methyl sites for hydroxylation is 2. The number of Topliss-reactive ketones (excluding diaryl/α,β-unsaturated/α-hetero) is 1. The van der Waals surface area contributed by atoms with Crippen LogP contribution in [0.2, 0.25) is 0 Å². The number of esters is 1. The van der Waals surface area contributed by atoms with Gasteiger partial charge in [-0.05, 0) is 45.9 Å². The Hall–Kier alpha value is -3.68. The largest absolute Gasteiger partial charge is 0.456 e. The van der Waals surface area contributed by atoms with Crippen molar-refractivity contribution in [3.63, 3.8) is 0 Å². The van der Waals surface area contributed by atoms with E-state index in [-0.39, 0.29) is 5.78 Å². The van der Waals surface area contributed by atoms with E-state index >= 15 is 0 Å². The Balaban J connectivity index is 1.61. The lowest BCUT2D eigenvalue weighted by molar-refractivity contribution is -0.144. The molecule has 1 aromatic carbocycles. The third-order valence-corrected chi connectivity index (χ3v) is 4.66. The van der Waals surface area contributed by atoms with Crippen molar-refractivity contribution < 1.29 is 23.6 Å². The number of hydrogen-bond acceptors (Lipinski definition) is 6. The Kier molecular flexibility index (Phi) is 6.15. The lowest BCUT2D eigenvalue weighted by Gasteiger charge is -2.13. The molecule has 8 nitrogen and oxygen atoms in total. The molecule has 0 radical (unpaired) electrons. The quantitative estimate of drug-likeness (QED) is 0.475. The van der Waals surface area contributed by atoms with Gasteiger partial charge in [0.1, 0.15) is 11.8 Å². The van der Waals surface area contributed by atoms with Crippen molar-refractivity contribution in [2.75, 3.05) is 6.61 Å². The first kappa shape index (κ1) is 21.0. The van der Waals surface area contributed by atoms with Crippen LogP contribution in [0, 0.1) is 20.8 Å². The minimum Gasteiger partial charge on any atom is -0.456 e. The van der Waals surface area contributed by atoms with Crippen LogP contribution in [-0.2, 0) is 9.53 Å². The van der Waals surface area contributed by atoms with Crippen LogP contribution in [0.15, 0.2) is 47.0 Å². The van der Waals surface area contributed by atoms with Crippen LogP contribution in [0.5, 0.6) is 0 Å². The number of carbonyl (C=O) groups is 3. The predicted molar refractivity (Wildman–Crippen MR) is 109 cm³/mol. The summed E-state index contributed by atoms with van der Waals surface area (Å²) in [6, 6.07) is 11.1. The summed E-state index contributed by atoms with van der Waals surface area (Å²) in [5.41, 5.74) is 2.34. The van der Waals surface area contributed by atoms with Gasteiger partial charge in [0.25, 0.3) is 5.91 Å². The van der Waals surface area contributed by atoms with Crippen LogP contribution in [0.1, 0.15) is 44.8 Å². The highest BCUT2D eigenvalue weighted by molar-refractivity contribution is 6.00. The number of nitrogens with zero attached hydrogens (tertiary/aromatic N) is 2. The molecule has 8 heteroatoms. The van der Waals surface area contributed by atoms with Gasteiger partial charge in [0.2, 0.25) is 5.78 Å². The zero-order valence-electron chi connectivity index (χ0n) is 17.3. The Labute approximate surface area is 173 Å². The summed E-state index contributed by atoms with van der Waals surface area (Å²) in [5.74, 6) is -0.183. The molecule has 156 valence electrons. The first-order chi connectivity index (χ1) is 14.3. The molecule has 0 bridgehead atoms. The van der Waals surface area contributed by atoms with Crippen LogP contribution in [-0.4, -0.2) is 40.0 Å². The maximum atomic E-state index is 12.6. The lowest BCUT2D eigenvalue weighted by atomic mass is 10.1. The van der Waals surface area contributed by atoms with E-state index in [0.717, 1.165) is 5.69 Å². The van der Waals surface area contributed by atoms with E-state index in [9.17, 15) is 14.4 Å². The minimum atomic E-state index is -0.893. The highest BCUT2D eigenvalue weighted by Crippen LogP contribution is 2.21. The average Bonchev–Trinajstić information content (AvgIpc) is 3.28. The second-order valence-electron chi connectivity index (χ2n) is 7.01. The molecule has 30 heavy (non-hydrogen) atoms. The Morgan fingerprint density at radius 1 is 1.13 bits per heavy atom. The van der Waals surface area contributed by atoms with E-state index in [0.29, 0.717) is 28.4 Å². The molecule has 0 aliphatic rings. The van der Waals surface area contributed by atoms with E-state index in [1.165, 1.54) is 6.92 Å². The summed E-state index contributed by atoms with van der Waals surface area (Å²) in [4.78, 5) is 37.0. The fourth-order valence-electron chi connectivity index (χ4n) is 3.12. The number of rotatable bonds is 7. The molecule has 2 heterocycles. The molecule has 0 fully saturated rings. The van der Waals surface area contributed by atoms with E-state index in [2.05, 4.69) is 10.5 Å². The summed E-state index contributed by atoms with van der Waals surface area (Å²) in [5, 5.41) is 6.54. The van der Waals surface area contributed by atoms with Crippen LogP contribution in [0.25, 0.3) is 5.82 Å². The lowest BCUT2D eigenvalue weighted by Crippen LogP contribution is -2.40. The van der Waals surface area contributed by atoms with Crippen LogP contribution in [0.4, 0.5) is 0 Å². The first-order valence-corrected chi connectivity index (χ1v) is 9.46. The number of hydrogen-bond donors (Lipinski definition) is 1. The maximum absolute atomic E-state index is 12.6. The molecule has 0 spiro atoms. The van der Waals surface area contributed by atoms with Crippen LogP contribution in [0.3, 0.4) is 0 Å². The fourth-order valence-corrected chi connectivity index (χ4v) is 3.12. The number of aromatic nitrogens is 2. The smallest absolute Gasteiger partial charge is 0.328 e. The summed E-state index contributed by atoms with van der Waals surface area (Å²) < 4.78 is 12.0. The van der Waals surface area contributed by atoms with E-state index in [4.69, 9.17) is 9.26 Å². The molecule has 1 amide bonds. The van der Waals surface area contributed by atoms with Gasteiger partial charge in [-0.1, -0.05) is 23.4 Å². The topological polar surface area (TPSA) is 103 Å². The molecule has 0 saturated carbocycles. The SMILES string of the molecule is Cc1cc(-n2c(C)cc(C(=O)COC(=O)[C@@H](C)NC(=O)c3ccccc3)c2C)no1. The average molecular weight is 409 g/mol. The zero-order chi connectivity index (χ0) is 21.8. The molecule has 3 aromatic rings. The molecule has 0 saturated heterocycles. The maximum Gasteiger partial charge on any atom is 0.328 e. The van der Waals surface area contributed by atoms with Crippen molar-refractivity contribution in [3.05, 3.63) is 70.7 Å². The summed E-state index contributed by atoms with van der Waals surface area (Å²) in [7, 11) is 0. The number of carbonyl (C=O) groups excluding carboxylic acids is 3. The van der Waals surface area contributed by atoms with Gasteiger partial charge in [-0.2, -0.15) is 0 Å². The molecule has 3 rings (SSSR count). The third-order valence-electron chi connectivity index (χ3n) is 4.66. The second kappa shape index (κ2) is 8.77. The Morgan fingerprint density at radius 2 is 1.83 bits per heavy atom. The van der Waals surface area contributed by atoms with Gasteiger partial charge < -0.3 is 14.6 Å². The van der Waals surface area contributed by atoms with Gasteiger partial charge in [-0.3, -0.25) is 14.2 Å². The minimum absolute atomic E-state index is 0.343. The van der Waals surface area contributed by atoms with Gasteiger partial charge >= 0.3 is 5.97 Å². The highest BCUT2D eigenvalue weighted by Gasteiger charge is 2.22. The standard InChI is InChI=1S/C22H23N3O5/c1-13-10-18(16(4)25(13)20-11-14(2)30-24-20)19(26)12-29-22(28)15(3)23-21(27)17-8-6-5-7-9-17/h5-11,15H,12H2,1-4H3,(H,23,27)/t15-/m1/s1. The number of ether oxygens (including phenoxy) is 1. The van der Waals surface area contributed by atoms with Crippen molar-refractivity contribution in [2.45, 2.75) is 33.7 Å². The molecule has 0 aliphatic carbocycles. The molecule has 1 atom stereocenters. The van der Waals surface area contributed by atoms with Gasteiger partial charge in [0.05, 0.1) is 0 Å². The zero-order valence-corrected chi connectivity index (χ0v) is 17.3. The molecular formula is C22H23N3O5. The third kappa shape index (κ3) is 4.48. The molecule has 0 aliphatic heterocycles. The number of ketones is 1. The van der Waals surface area contributed by atoms with Crippen molar-refractivity contribution in [3.8, 4) is 5.82 Å². The van der Waals surface area contributed by atoms with E-state index in [1.807, 2.05) is 6.92 Å². The van der Waals surface area contributed by atoms with Gasteiger partial charge in [0.15, 0.2) is 12.4 Å². The summed E-state index contributed by atoms with van der Waals surface area (Å²) in [6.07, 6.45) is 0. The van der Waals surface area contributed by atoms with Crippen molar-refractivity contribution in [1.82, 2.24) is 15.0 Å². The van der Waals surface area contributed by atoms with Gasteiger partial charge in [0, 0.05) is 28.6 Å². The monoisotopic (exact) mass is 409 g/mol. The van der Waals surface area contributed by atoms with Crippen molar-refractivity contribution >= 4 is 17.7 Å². The molecule has 2 aromatic heterocycles. The number of benzene rings is 1. The number of amides is 1. The Bertz CT molecular complexity index is 1080.